The van der Waals surface area contributed by atoms with Gasteiger partial charge in [-0.3, -0.25) is 0 Å². The molecule has 0 aliphatic carbocycles. The quantitative estimate of drug-likeness (QED) is 0.296. The summed E-state index contributed by atoms with van der Waals surface area (Å²) in [5, 5.41) is 20.9. The predicted molar refractivity (Wildman–Crippen MR) is 65.7 cm³/mol. The first-order valence-electron chi connectivity index (χ1n) is 5.17. The number of likely N-dealkylation sites (N-methyl/N-ethyl adjacent to an activating group) is 1. The summed E-state index contributed by atoms with van der Waals surface area (Å²) < 4.78 is 29.3. The van der Waals surface area contributed by atoms with Crippen molar-refractivity contribution in [2.24, 2.45) is 5.73 Å². The molecule has 0 aliphatic heterocycles. The molecule has 0 heterocycles. The van der Waals surface area contributed by atoms with Crippen molar-refractivity contribution in [2.75, 3.05) is 40.0 Å². The van der Waals surface area contributed by atoms with E-state index in [0.717, 1.165) is 0 Å². The summed E-state index contributed by atoms with van der Waals surface area (Å²) in [7, 11) is 1.49. The fourth-order valence-electron chi connectivity index (χ4n) is 1.01. The van der Waals surface area contributed by atoms with Crippen molar-refractivity contribution < 1.29 is 32.5 Å². The fraction of sp³-hybridized carbons (Fsp3) is 0.889. The molecule has 0 fully saturated rings. The summed E-state index contributed by atoms with van der Waals surface area (Å²) in [5.74, 6) is -1.73. The van der Waals surface area contributed by atoms with Crippen LogP contribution in [0.1, 0.15) is 6.42 Å². The largest absolute Gasteiger partial charge is 2.00 e. The van der Waals surface area contributed by atoms with Crippen molar-refractivity contribution >= 4 is 39.1 Å². The van der Waals surface area contributed by atoms with Crippen molar-refractivity contribution in [3.05, 3.63) is 0 Å². The number of rotatable bonds is 6. The van der Waals surface area contributed by atoms with Crippen molar-refractivity contribution in [2.45, 2.75) is 12.5 Å². The van der Waals surface area contributed by atoms with E-state index in [0.29, 0.717) is 11.0 Å². The average molecular weight is 309 g/mol. The minimum absolute atomic E-state index is 0. The van der Waals surface area contributed by atoms with E-state index in [4.69, 9.17) is 5.73 Å². The average Bonchev–Trinajstić information content (AvgIpc) is 1.95. The summed E-state index contributed by atoms with van der Waals surface area (Å²) in [6.45, 7) is 0.222. The number of nitrogens with zero attached hydrogens (tertiary/aromatic N) is 1. The number of carbonyl (C=O) groups is 1. The third-order valence-electron chi connectivity index (χ3n) is 1.51. The zero-order valence-electron chi connectivity index (χ0n) is 11.5. The Labute approximate surface area is 130 Å². The van der Waals surface area contributed by atoms with E-state index in [1.807, 2.05) is 21.1 Å². The van der Waals surface area contributed by atoms with Gasteiger partial charge in [-0.05, 0) is 6.42 Å². The van der Waals surface area contributed by atoms with Gasteiger partial charge in [0.1, 0.15) is 0 Å². The predicted octanol–water partition coefficient (Wildman–Crippen LogP) is -4.33. The molecule has 0 aromatic rings. The molecule has 0 unspecified atom stereocenters. The minimum Gasteiger partial charge on any atom is -0.848 e. The Bertz CT molecular complexity index is 341. The Kier molecular flexibility index (Phi) is 13.6. The molecular weight excluding hydrogens is 288 g/mol. The second-order valence-electron chi connectivity index (χ2n) is 4.72. The van der Waals surface area contributed by atoms with Gasteiger partial charge >= 0.3 is 23.1 Å². The monoisotopic (exact) mass is 308 g/mol. The van der Waals surface area contributed by atoms with Gasteiger partial charge in [-0.25, -0.2) is 8.42 Å². The summed E-state index contributed by atoms with van der Waals surface area (Å²) in [6.07, 6.45) is -1.45. The Balaban J connectivity index is -0.000000280. The molecule has 0 aromatic carbocycles. The van der Waals surface area contributed by atoms with Crippen molar-refractivity contribution in [1.29, 1.82) is 0 Å². The van der Waals surface area contributed by atoms with Crippen LogP contribution in [0.5, 0.6) is 0 Å². The van der Waals surface area contributed by atoms with Gasteiger partial charge in [-0.2, -0.15) is 0 Å². The van der Waals surface area contributed by atoms with Crippen LogP contribution in [0.2, 0.25) is 0 Å². The van der Waals surface area contributed by atoms with E-state index in [-0.39, 0.29) is 29.6 Å². The molecule has 0 rings (SSSR count). The second kappa shape index (κ2) is 10.8. The molecule has 0 aromatic heterocycles. The van der Waals surface area contributed by atoms with Gasteiger partial charge < -0.3 is 29.8 Å². The third-order valence-corrected chi connectivity index (χ3v) is 2.25. The number of aliphatic carboxylic acids is 1. The molecule has 0 amide bonds. The molecule has 0 aliphatic rings. The molecule has 19 heavy (non-hydrogen) atoms. The van der Waals surface area contributed by atoms with Crippen LogP contribution in [0.15, 0.2) is 0 Å². The molecule has 0 bridgehead atoms. The third kappa shape index (κ3) is 27.3. The van der Waals surface area contributed by atoms with Gasteiger partial charge in [-0.1, -0.05) is 6.10 Å². The molecule has 1 atom stereocenters. The SMILES string of the molecule is C[N+](C)(C)C[C@H]([O-])CC(=O)[O-].NCCS(=O)(=O)[O-].[Mg+2]. The first-order chi connectivity index (χ1) is 7.87. The molecule has 0 saturated heterocycles. The smallest absolute Gasteiger partial charge is 0.848 e. The number of nitrogens with two attached hydrogens (primary N) is 1. The van der Waals surface area contributed by atoms with Gasteiger partial charge in [0, 0.05) is 12.5 Å². The molecule has 0 radical (unpaired) electrons. The van der Waals surface area contributed by atoms with Gasteiger partial charge in [0.05, 0.1) is 43.6 Å². The first kappa shape index (κ1) is 24.1. The Hall–Kier alpha value is 0.0262. The zero-order chi connectivity index (χ0) is 15.0. The van der Waals surface area contributed by atoms with Gasteiger partial charge in [0.25, 0.3) is 0 Å². The summed E-state index contributed by atoms with van der Waals surface area (Å²) in [4.78, 5) is 9.98. The van der Waals surface area contributed by atoms with Crippen molar-refractivity contribution in [3.8, 4) is 0 Å². The zero-order valence-corrected chi connectivity index (χ0v) is 13.7. The van der Waals surface area contributed by atoms with Crippen LogP contribution in [0.3, 0.4) is 0 Å². The number of hydrogen-bond acceptors (Lipinski definition) is 7. The van der Waals surface area contributed by atoms with Gasteiger partial charge in [-0.15, -0.1) is 0 Å². The molecule has 2 N–H and O–H groups in total. The fourth-order valence-corrected chi connectivity index (χ4v) is 1.29. The van der Waals surface area contributed by atoms with E-state index < -0.39 is 34.4 Å². The van der Waals surface area contributed by atoms with E-state index in [9.17, 15) is 28.0 Å². The van der Waals surface area contributed by atoms with E-state index in [1.165, 1.54) is 0 Å². The molecule has 0 spiro atoms. The van der Waals surface area contributed by atoms with E-state index >= 15 is 0 Å². The van der Waals surface area contributed by atoms with Crippen molar-refractivity contribution in [1.82, 2.24) is 0 Å². The van der Waals surface area contributed by atoms with Crippen LogP contribution in [0.25, 0.3) is 0 Å². The van der Waals surface area contributed by atoms with Crippen LogP contribution >= 0.6 is 0 Å². The maximum absolute atomic E-state index is 10.9. The van der Waals surface area contributed by atoms with Crippen LogP contribution < -0.4 is 15.9 Å². The number of carboxylic acid groups (broad SMARTS) is 1. The number of carboxylic acids is 1. The first-order valence-corrected chi connectivity index (χ1v) is 6.75. The van der Waals surface area contributed by atoms with Crippen LogP contribution in [-0.4, -0.2) is 92.6 Å². The summed E-state index contributed by atoms with van der Waals surface area (Å²) in [6, 6.07) is 0. The number of quaternary nitrogens is 1. The normalized spacial score (nSPS) is 12.7. The molecule has 10 heteroatoms. The molecular formula is C9H20MgN2O6S. The second-order valence-corrected chi connectivity index (χ2v) is 6.25. The Morgan fingerprint density at radius 1 is 1.32 bits per heavy atom. The summed E-state index contributed by atoms with van der Waals surface area (Å²) >= 11 is 0. The molecule has 8 nitrogen and oxygen atoms in total. The van der Waals surface area contributed by atoms with Crippen molar-refractivity contribution in [3.63, 3.8) is 0 Å². The maximum atomic E-state index is 10.9. The van der Waals surface area contributed by atoms with Gasteiger partial charge in [0.15, 0.2) is 0 Å². The minimum atomic E-state index is -4.05. The van der Waals surface area contributed by atoms with Gasteiger partial charge in [0.2, 0.25) is 0 Å². The van der Waals surface area contributed by atoms with Crippen LogP contribution in [-0.2, 0) is 14.9 Å². The Morgan fingerprint density at radius 3 is 1.89 bits per heavy atom. The van der Waals surface area contributed by atoms with E-state index in [1.54, 1.807) is 0 Å². The van der Waals surface area contributed by atoms with Crippen LogP contribution in [0.4, 0.5) is 0 Å². The van der Waals surface area contributed by atoms with Crippen LogP contribution in [0, 0.1) is 0 Å². The standard InChI is InChI=1S/C7H15NO3.C2H7NO3S.Mg/c1-8(2,3)5-6(9)4-7(10)11;3-1-2-7(4,5)6;/h6H,4-5H2,1-3H3,(H,10,11);1-3H2,(H,4,5,6);/q;;+2/p-2/t6-;;/m1../s1. The number of carbonyl (C=O) groups excluding carboxylic acids is 1. The van der Waals surface area contributed by atoms with E-state index in [2.05, 4.69) is 0 Å². The number of hydrogen-bond donors (Lipinski definition) is 1. The molecule has 0 saturated carbocycles. The maximum Gasteiger partial charge on any atom is 2.00 e. The topological polar surface area (TPSA) is 146 Å². The molecule has 110 valence electrons. The Morgan fingerprint density at radius 2 is 1.74 bits per heavy atom. The summed E-state index contributed by atoms with van der Waals surface area (Å²) in [5.41, 5.74) is 4.74.